The molecule has 1 heterocycles. The second-order valence-corrected chi connectivity index (χ2v) is 4.95. The summed E-state index contributed by atoms with van der Waals surface area (Å²) in [6.45, 7) is 1.20. The van der Waals surface area contributed by atoms with Crippen LogP contribution in [0.15, 0.2) is 17.6 Å². The molecule has 0 aliphatic rings. The van der Waals surface area contributed by atoms with Crippen molar-refractivity contribution in [3.05, 3.63) is 12.5 Å². The molecule has 0 aromatic carbocycles. The molecule has 0 saturated carbocycles. The number of hydrogen-bond acceptors (Lipinski definition) is 4. The fourth-order valence-corrected chi connectivity index (χ4v) is 2.13. The van der Waals surface area contributed by atoms with Crippen molar-refractivity contribution in [3.63, 3.8) is 0 Å². The number of imidazole rings is 1. The first kappa shape index (κ1) is 12.2. The largest absolute Gasteiger partial charge is 0.339 e. The zero-order valence-corrected chi connectivity index (χ0v) is 9.71. The van der Waals surface area contributed by atoms with Gasteiger partial charge in [0.15, 0.2) is 5.03 Å². The fraction of sp³-hybridized carbons (Fsp3) is 0.625. The number of aryl methyl sites for hydroxylation is 1. The van der Waals surface area contributed by atoms with E-state index in [0.29, 0.717) is 6.54 Å². The van der Waals surface area contributed by atoms with Crippen LogP contribution in [0.5, 0.6) is 0 Å². The third-order valence-electron chi connectivity index (χ3n) is 1.85. The van der Waals surface area contributed by atoms with Crippen LogP contribution in [0.1, 0.15) is 6.42 Å². The minimum atomic E-state index is -3.43. The molecule has 86 valence electrons. The lowest BCUT2D eigenvalue weighted by molar-refractivity contribution is 0.574. The Labute approximate surface area is 89.8 Å². The molecule has 0 radical (unpaired) electrons. The van der Waals surface area contributed by atoms with Crippen LogP contribution in [-0.2, 0) is 17.1 Å². The van der Waals surface area contributed by atoms with Crippen molar-refractivity contribution in [2.45, 2.75) is 11.4 Å². The van der Waals surface area contributed by atoms with Crippen LogP contribution >= 0.6 is 0 Å². The molecule has 0 spiro atoms. The Balaban J connectivity index is 2.53. The van der Waals surface area contributed by atoms with Gasteiger partial charge in [-0.2, -0.15) is 0 Å². The molecule has 0 saturated heterocycles. The molecular weight excluding hydrogens is 216 g/mol. The first-order valence-electron chi connectivity index (χ1n) is 4.68. The third kappa shape index (κ3) is 3.61. The van der Waals surface area contributed by atoms with Gasteiger partial charge in [0.05, 0.1) is 6.33 Å². The molecule has 0 bridgehead atoms. The van der Waals surface area contributed by atoms with E-state index < -0.39 is 10.0 Å². The van der Waals surface area contributed by atoms with E-state index in [-0.39, 0.29) is 5.03 Å². The van der Waals surface area contributed by atoms with Gasteiger partial charge in [-0.15, -0.1) is 0 Å². The van der Waals surface area contributed by atoms with Gasteiger partial charge in [-0.05, 0) is 20.0 Å². The van der Waals surface area contributed by atoms with Gasteiger partial charge in [0.1, 0.15) is 0 Å². The highest BCUT2D eigenvalue weighted by Crippen LogP contribution is 2.03. The monoisotopic (exact) mass is 232 g/mol. The van der Waals surface area contributed by atoms with Gasteiger partial charge < -0.3 is 9.88 Å². The Hall–Kier alpha value is -0.920. The summed E-state index contributed by atoms with van der Waals surface area (Å²) in [6.07, 6.45) is 3.69. The summed E-state index contributed by atoms with van der Waals surface area (Å²) in [5, 5.41) is 3.01. The molecule has 6 nitrogen and oxygen atoms in total. The van der Waals surface area contributed by atoms with Crippen molar-refractivity contribution < 1.29 is 8.42 Å². The molecule has 0 atom stereocenters. The zero-order chi connectivity index (χ0) is 11.3. The molecule has 0 aliphatic heterocycles. The number of aromatic nitrogens is 2. The van der Waals surface area contributed by atoms with Crippen molar-refractivity contribution in [1.82, 2.24) is 19.6 Å². The topological polar surface area (TPSA) is 76.0 Å². The molecule has 2 N–H and O–H groups in total. The van der Waals surface area contributed by atoms with Crippen molar-refractivity contribution in [2.75, 3.05) is 20.1 Å². The van der Waals surface area contributed by atoms with Crippen molar-refractivity contribution in [1.29, 1.82) is 0 Å². The van der Waals surface area contributed by atoms with E-state index in [0.717, 1.165) is 13.0 Å². The van der Waals surface area contributed by atoms with Gasteiger partial charge in [-0.3, -0.25) is 0 Å². The average Bonchev–Trinajstić information content (AvgIpc) is 2.60. The highest BCUT2D eigenvalue weighted by atomic mass is 32.2. The maximum Gasteiger partial charge on any atom is 0.259 e. The average molecular weight is 232 g/mol. The first-order valence-corrected chi connectivity index (χ1v) is 6.17. The quantitative estimate of drug-likeness (QED) is 0.636. The van der Waals surface area contributed by atoms with Crippen LogP contribution in [0.25, 0.3) is 0 Å². The van der Waals surface area contributed by atoms with Gasteiger partial charge in [0.2, 0.25) is 0 Å². The number of nitrogens with one attached hydrogen (secondary N) is 2. The minimum Gasteiger partial charge on any atom is -0.339 e. The first-order chi connectivity index (χ1) is 7.06. The second-order valence-electron chi connectivity index (χ2n) is 3.23. The number of hydrogen-bond donors (Lipinski definition) is 2. The highest BCUT2D eigenvalue weighted by molar-refractivity contribution is 7.89. The lowest BCUT2D eigenvalue weighted by atomic mass is 10.4. The van der Waals surface area contributed by atoms with Crippen molar-refractivity contribution >= 4 is 10.0 Å². The molecule has 0 amide bonds. The number of sulfonamides is 1. The summed E-state index contributed by atoms with van der Waals surface area (Å²) in [4.78, 5) is 3.78. The van der Waals surface area contributed by atoms with E-state index in [1.807, 2.05) is 7.05 Å². The summed E-state index contributed by atoms with van der Waals surface area (Å²) in [7, 11) is 0.126. The van der Waals surface area contributed by atoms with E-state index in [9.17, 15) is 8.42 Å². The SMILES string of the molecule is CNCCCNS(=O)(=O)c1cn(C)cn1. The molecule has 15 heavy (non-hydrogen) atoms. The fourth-order valence-electron chi connectivity index (χ4n) is 1.07. The minimum absolute atomic E-state index is 0.0643. The predicted molar refractivity (Wildman–Crippen MR) is 56.9 cm³/mol. The van der Waals surface area contributed by atoms with Crippen LogP contribution in [-0.4, -0.2) is 38.1 Å². The lowest BCUT2D eigenvalue weighted by Crippen LogP contribution is -2.27. The second kappa shape index (κ2) is 5.24. The van der Waals surface area contributed by atoms with Gasteiger partial charge in [0.25, 0.3) is 10.0 Å². The van der Waals surface area contributed by atoms with E-state index in [1.54, 1.807) is 11.6 Å². The summed E-state index contributed by atoms with van der Waals surface area (Å²) in [5.41, 5.74) is 0. The van der Waals surface area contributed by atoms with Gasteiger partial charge in [0, 0.05) is 19.8 Å². The van der Waals surface area contributed by atoms with E-state index in [4.69, 9.17) is 0 Å². The van der Waals surface area contributed by atoms with Crippen molar-refractivity contribution in [3.8, 4) is 0 Å². The van der Waals surface area contributed by atoms with Gasteiger partial charge in [-0.25, -0.2) is 18.1 Å². The Morgan fingerprint density at radius 2 is 2.20 bits per heavy atom. The number of rotatable bonds is 6. The van der Waals surface area contributed by atoms with Crippen LogP contribution in [0.4, 0.5) is 0 Å². The zero-order valence-electron chi connectivity index (χ0n) is 8.90. The number of nitrogens with zero attached hydrogens (tertiary/aromatic N) is 2. The summed E-state index contributed by atoms with van der Waals surface area (Å²) < 4.78 is 27.3. The van der Waals surface area contributed by atoms with Crippen LogP contribution in [0.2, 0.25) is 0 Å². The lowest BCUT2D eigenvalue weighted by Gasteiger charge is -2.03. The molecule has 1 rings (SSSR count). The molecule has 7 heteroatoms. The molecule has 0 aliphatic carbocycles. The Morgan fingerprint density at radius 3 is 2.73 bits per heavy atom. The van der Waals surface area contributed by atoms with E-state index >= 15 is 0 Å². The predicted octanol–water partition coefficient (Wildman–Crippen LogP) is -0.692. The Bertz CT molecular complexity index is 399. The van der Waals surface area contributed by atoms with Gasteiger partial charge >= 0.3 is 0 Å². The normalized spacial score (nSPS) is 11.9. The molecule has 0 unspecified atom stereocenters. The third-order valence-corrected chi connectivity index (χ3v) is 3.20. The molecular formula is C8H16N4O2S. The van der Waals surface area contributed by atoms with Crippen LogP contribution < -0.4 is 10.0 Å². The highest BCUT2D eigenvalue weighted by Gasteiger charge is 2.15. The standard InChI is InChI=1S/C8H16N4O2S/c1-9-4-3-5-11-15(13,14)8-6-12(2)7-10-8/h6-7,9,11H,3-5H2,1-2H3. The van der Waals surface area contributed by atoms with Crippen molar-refractivity contribution in [2.24, 2.45) is 7.05 Å². The van der Waals surface area contributed by atoms with Crippen LogP contribution in [0, 0.1) is 0 Å². The summed E-state index contributed by atoms with van der Waals surface area (Å²) >= 11 is 0. The Kier molecular flexibility index (Phi) is 4.25. The smallest absolute Gasteiger partial charge is 0.259 e. The summed E-state index contributed by atoms with van der Waals surface area (Å²) in [6, 6.07) is 0. The maximum absolute atomic E-state index is 11.6. The maximum atomic E-state index is 11.6. The van der Waals surface area contributed by atoms with Gasteiger partial charge in [-0.1, -0.05) is 0 Å². The van der Waals surface area contributed by atoms with E-state index in [2.05, 4.69) is 15.0 Å². The molecule has 1 aromatic heterocycles. The Morgan fingerprint density at radius 1 is 1.47 bits per heavy atom. The molecule has 1 aromatic rings. The molecule has 0 fully saturated rings. The summed E-state index contributed by atoms with van der Waals surface area (Å²) in [5.74, 6) is 0. The van der Waals surface area contributed by atoms with Crippen LogP contribution in [0.3, 0.4) is 0 Å². The van der Waals surface area contributed by atoms with E-state index in [1.165, 1.54) is 12.5 Å².